The van der Waals surface area contributed by atoms with Crippen LogP contribution >= 0.6 is 11.6 Å². The molecule has 0 spiro atoms. The SMILES string of the molecule is CCOC(=Nc1cccc(Cl)c1)OCc1cccc([N+](=O)[O-])c1. The molecule has 120 valence electrons. The summed E-state index contributed by atoms with van der Waals surface area (Å²) < 4.78 is 10.8. The summed E-state index contributed by atoms with van der Waals surface area (Å²) in [5.74, 6) is 0. The predicted octanol–water partition coefficient (Wildman–Crippen LogP) is 4.49. The molecule has 2 rings (SSSR count). The Morgan fingerprint density at radius 3 is 2.70 bits per heavy atom. The van der Waals surface area contributed by atoms with E-state index in [1.54, 1.807) is 36.4 Å². The molecule has 0 N–H and O–H groups in total. The Labute approximate surface area is 138 Å². The Morgan fingerprint density at radius 1 is 1.22 bits per heavy atom. The Bertz CT molecular complexity index is 719. The number of nitro benzene ring substituents is 1. The van der Waals surface area contributed by atoms with Gasteiger partial charge in [-0.25, -0.2) is 0 Å². The lowest BCUT2D eigenvalue weighted by Crippen LogP contribution is -2.09. The highest BCUT2D eigenvalue weighted by Crippen LogP contribution is 2.19. The van der Waals surface area contributed by atoms with Crippen LogP contribution in [0.5, 0.6) is 0 Å². The van der Waals surface area contributed by atoms with Crippen LogP contribution in [0.25, 0.3) is 0 Å². The number of rotatable bonds is 5. The molecule has 0 heterocycles. The third-order valence-electron chi connectivity index (χ3n) is 2.78. The number of halogens is 1. The van der Waals surface area contributed by atoms with Gasteiger partial charge in [0.25, 0.3) is 5.69 Å². The minimum atomic E-state index is -0.451. The van der Waals surface area contributed by atoms with E-state index >= 15 is 0 Å². The lowest BCUT2D eigenvalue weighted by molar-refractivity contribution is -0.384. The van der Waals surface area contributed by atoms with Gasteiger partial charge in [-0.05, 0) is 30.7 Å². The first-order valence-corrected chi connectivity index (χ1v) is 7.29. The number of non-ortho nitro benzene ring substituents is 1. The summed E-state index contributed by atoms with van der Waals surface area (Å²) in [6.45, 7) is 2.31. The highest BCUT2D eigenvalue weighted by molar-refractivity contribution is 6.30. The van der Waals surface area contributed by atoms with E-state index in [2.05, 4.69) is 4.99 Å². The van der Waals surface area contributed by atoms with Crippen LogP contribution in [-0.4, -0.2) is 17.6 Å². The molecule has 0 radical (unpaired) electrons. The molecule has 2 aromatic rings. The molecule has 6 nitrogen and oxygen atoms in total. The maximum absolute atomic E-state index is 10.8. The van der Waals surface area contributed by atoms with Crippen LogP contribution in [0, 0.1) is 10.1 Å². The van der Waals surface area contributed by atoms with E-state index in [4.69, 9.17) is 21.1 Å². The van der Waals surface area contributed by atoms with E-state index in [9.17, 15) is 10.1 Å². The second kappa shape index (κ2) is 8.14. The van der Waals surface area contributed by atoms with Crippen molar-refractivity contribution in [1.29, 1.82) is 0 Å². The van der Waals surface area contributed by atoms with Gasteiger partial charge in [-0.3, -0.25) is 10.1 Å². The van der Waals surface area contributed by atoms with Gasteiger partial charge in [0.15, 0.2) is 0 Å². The molecule has 0 atom stereocenters. The number of nitro groups is 1. The van der Waals surface area contributed by atoms with Crippen LogP contribution in [0.1, 0.15) is 12.5 Å². The van der Waals surface area contributed by atoms with Gasteiger partial charge < -0.3 is 9.47 Å². The molecule has 0 saturated carbocycles. The van der Waals surface area contributed by atoms with Gasteiger partial charge in [-0.2, -0.15) is 4.99 Å². The van der Waals surface area contributed by atoms with Crippen molar-refractivity contribution in [3.63, 3.8) is 0 Å². The summed E-state index contributed by atoms with van der Waals surface area (Å²) in [5, 5.41) is 11.3. The van der Waals surface area contributed by atoms with Gasteiger partial charge in [-0.1, -0.05) is 29.8 Å². The van der Waals surface area contributed by atoms with Crippen molar-refractivity contribution in [3.05, 3.63) is 69.2 Å². The molecular weight excluding hydrogens is 320 g/mol. The predicted molar refractivity (Wildman–Crippen MR) is 88.1 cm³/mol. The quantitative estimate of drug-likeness (QED) is 0.349. The topological polar surface area (TPSA) is 74.0 Å². The first-order chi connectivity index (χ1) is 11.1. The van der Waals surface area contributed by atoms with E-state index in [1.807, 2.05) is 6.92 Å². The second-order valence-electron chi connectivity index (χ2n) is 4.51. The summed E-state index contributed by atoms with van der Waals surface area (Å²) in [4.78, 5) is 14.6. The summed E-state index contributed by atoms with van der Waals surface area (Å²) in [6.07, 6.45) is 0.0845. The average molecular weight is 335 g/mol. The highest BCUT2D eigenvalue weighted by atomic mass is 35.5. The number of hydrogen-bond acceptors (Lipinski definition) is 5. The smallest absolute Gasteiger partial charge is 0.389 e. The van der Waals surface area contributed by atoms with E-state index in [0.717, 1.165) is 0 Å². The largest absolute Gasteiger partial charge is 0.451 e. The molecule has 0 fully saturated rings. The maximum atomic E-state index is 10.8. The molecule has 0 unspecified atom stereocenters. The van der Waals surface area contributed by atoms with E-state index in [0.29, 0.717) is 22.9 Å². The van der Waals surface area contributed by atoms with Crippen LogP contribution in [0.4, 0.5) is 11.4 Å². The molecule has 0 bridgehead atoms. The zero-order valence-electron chi connectivity index (χ0n) is 12.4. The zero-order valence-corrected chi connectivity index (χ0v) is 13.2. The van der Waals surface area contributed by atoms with Crippen molar-refractivity contribution in [3.8, 4) is 0 Å². The Hall–Kier alpha value is -2.60. The summed E-state index contributed by atoms with van der Waals surface area (Å²) in [6, 6.07) is 13.2. The summed E-state index contributed by atoms with van der Waals surface area (Å²) >= 11 is 5.91. The Kier molecular flexibility index (Phi) is 5.94. The first-order valence-electron chi connectivity index (χ1n) is 6.91. The number of hydrogen-bond donors (Lipinski definition) is 0. The van der Waals surface area contributed by atoms with Gasteiger partial charge >= 0.3 is 6.08 Å². The second-order valence-corrected chi connectivity index (χ2v) is 4.94. The average Bonchev–Trinajstić information content (AvgIpc) is 2.53. The van der Waals surface area contributed by atoms with Gasteiger partial charge in [0.2, 0.25) is 0 Å². The van der Waals surface area contributed by atoms with Crippen LogP contribution < -0.4 is 0 Å². The minimum Gasteiger partial charge on any atom is -0.451 e. The van der Waals surface area contributed by atoms with Crippen LogP contribution in [0.2, 0.25) is 5.02 Å². The standard InChI is InChI=1S/C16H15ClN2O4/c1-2-22-16(18-14-7-4-6-13(17)10-14)23-11-12-5-3-8-15(9-12)19(20)21/h3-10H,2,11H2,1H3. The normalized spacial score (nSPS) is 11.1. The summed E-state index contributed by atoms with van der Waals surface area (Å²) in [7, 11) is 0. The van der Waals surface area contributed by atoms with Crippen molar-refractivity contribution >= 4 is 29.1 Å². The van der Waals surface area contributed by atoms with Gasteiger partial charge in [-0.15, -0.1) is 0 Å². The molecule has 2 aromatic carbocycles. The van der Waals surface area contributed by atoms with Crippen molar-refractivity contribution in [2.24, 2.45) is 4.99 Å². The lowest BCUT2D eigenvalue weighted by Gasteiger charge is -2.09. The highest BCUT2D eigenvalue weighted by Gasteiger charge is 2.08. The molecule has 7 heteroatoms. The van der Waals surface area contributed by atoms with Crippen LogP contribution in [-0.2, 0) is 16.1 Å². The van der Waals surface area contributed by atoms with Crippen LogP contribution in [0.15, 0.2) is 53.5 Å². The van der Waals surface area contributed by atoms with Crippen molar-refractivity contribution in [1.82, 2.24) is 0 Å². The van der Waals surface area contributed by atoms with Crippen molar-refractivity contribution in [2.75, 3.05) is 6.61 Å². The molecular formula is C16H15ClN2O4. The minimum absolute atomic E-state index is 0.0100. The molecule has 0 saturated heterocycles. The molecule has 0 amide bonds. The fraction of sp³-hybridized carbons (Fsp3) is 0.188. The van der Waals surface area contributed by atoms with Crippen LogP contribution in [0.3, 0.4) is 0 Å². The fourth-order valence-electron chi connectivity index (χ4n) is 1.79. The van der Waals surface area contributed by atoms with Gasteiger partial charge in [0.05, 0.1) is 17.2 Å². The third-order valence-corrected chi connectivity index (χ3v) is 3.02. The molecule has 0 aliphatic heterocycles. The number of benzene rings is 2. The molecule has 0 aliphatic carbocycles. The van der Waals surface area contributed by atoms with Crippen molar-refractivity contribution < 1.29 is 14.4 Å². The van der Waals surface area contributed by atoms with Gasteiger partial charge in [0, 0.05) is 17.2 Å². The fourth-order valence-corrected chi connectivity index (χ4v) is 1.97. The number of aliphatic imine (C=N–C) groups is 1. The Morgan fingerprint density at radius 2 is 2.00 bits per heavy atom. The first kappa shape index (κ1) is 16.8. The molecule has 0 aliphatic rings. The van der Waals surface area contributed by atoms with Crippen molar-refractivity contribution in [2.45, 2.75) is 13.5 Å². The molecule has 0 aromatic heterocycles. The number of nitrogens with zero attached hydrogens (tertiary/aromatic N) is 2. The monoisotopic (exact) mass is 334 g/mol. The summed E-state index contributed by atoms with van der Waals surface area (Å²) in [5.41, 5.74) is 1.26. The number of ether oxygens (including phenoxy) is 2. The van der Waals surface area contributed by atoms with E-state index < -0.39 is 4.92 Å². The third kappa shape index (κ3) is 5.27. The molecule has 23 heavy (non-hydrogen) atoms. The lowest BCUT2D eigenvalue weighted by atomic mass is 10.2. The van der Waals surface area contributed by atoms with E-state index in [-0.39, 0.29) is 18.4 Å². The van der Waals surface area contributed by atoms with Gasteiger partial charge in [0.1, 0.15) is 6.61 Å². The Balaban J connectivity index is 2.11. The van der Waals surface area contributed by atoms with E-state index in [1.165, 1.54) is 12.1 Å². The maximum Gasteiger partial charge on any atom is 0.389 e. The zero-order chi connectivity index (χ0) is 16.7.